The third-order valence-electron chi connectivity index (χ3n) is 7.49. The van der Waals surface area contributed by atoms with Crippen LogP contribution in [-0.4, -0.2) is 32.4 Å². The normalized spacial score (nSPS) is 11.1. The Morgan fingerprint density at radius 3 is 1.67 bits per heavy atom. The molecule has 0 aliphatic carbocycles. The van der Waals surface area contributed by atoms with Gasteiger partial charge in [-0.2, -0.15) is 0 Å². The van der Waals surface area contributed by atoms with Crippen LogP contribution in [0, 0.1) is 6.92 Å². The lowest BCUT2D eigenvalue weighted by molar-refractivity contribution is -0.135. The predicted molar refractivity (Wildman–Crippen MR) is 202 cm³/mol. The molecule has 0 saturated carbocycles. The average molecular weight is 682 g/mol. The van der Waals surface area contributed by atoms with Crippen LogP contribution in [0.3, 0.4) is 0 Å². The van der Waals surface area contributed by atoms with Crippen molar-refractivity contribution in [3.05, 3.63) is 162 Å². The predicted octanol–water partition coefficient (Wildman–Crippen LogP) is 10.4. The summed E-state index contributed by atoms with van der Waals surface area (Å²) in [5.74, 6) is 0.720. The van der Waals surface area contributed by atoms with Crippen LogP contribution in [0.25, 0.3) is 24.3 Å². The van der Waals surface area contributed by atoms with Crippen molar-refractivity contribution in [1.82, 2.24) is 0 Å². The lowest BCUT2D eigenvalue weighted by Gasteiger charge is -2.26. The number of methoxy groups -OCH3 is 1. The standard InChI is InChI=1S/C43H39NO7/c1-32-10-20-38(21-11-32)44(39-22-16-34(17-23-39)12-14-36-6-4-8-41(30-36)47-3)40-24-18-35(19-25-40)13-15-37-7-5-9-42(31-37)51-43(46)50-29-27-48-26-28-49-33(2)45/h4-26,28,30-31H,27,29H2,1-3H3/b14-12+,15-13+,28-26+. The van der Waals surface area contributed by atoms with Crippen molar-refractivity contribution in [3.63, 3.8) is 0 Å². The van der Waals surface area contributed by atoms with E-state index in [9.17, 15) is 9.59 Å². The molecule has 5 aromatic carbocycles. The molecule has 0 fully saturated rings. The van der Waals surface area contributed by atoms with Gasteiger partial charge in [0.2, 0.25) is 0 Å². The third kappa shape index (κ3) is 11.3. The topological polar surface area (TPSA) is 83.5 Å². The van der Waals surface area contributed by atoms with Gasteiger partial charge in [-0.1, -0.05) is 90.5 Å². The van der Waals surface area contributed by atoms with Crippen molar-refractivity contribution in [3.8, 4) is 11.5 Å². The summed E-state index contributed by atoms with van der Waals surface area (Å²) in [6, 6.07) is 40.4. The first-order chi connectivity index (χ1) is 24.9. The largest absolute Gasteiger partial charge is 0.513 e. The quantitative estimate of drug-likeness (QED) is 0.0377. The number of hydrogen-bond donors (Lipinski definition) is 0. The Balaban J connectivity index is 1.23. The molecule has 0 aromatic heterocycles. The molecule has 5 aromatic rings. The van der Waals surface area contributed by atoms with Crippen LogP contribution in [0.5, 0.6) is 11.5 Å². The summed E-state index contributed by atoms with van der Waals surface area (Å²) < 4.78 is 25.3. The lowest BCUT2D eigenvalue weighted by Crippen LogP contribution is -2.13. The molecule has 0 heterocycles. The highest BCUT2D eigenvalue weighted by Gasteiger charge is 2.12. The number of esters is 1. The number of carbonyl (C=O) groups excluding carboxylic acids is 2. The average Bonchev–Trinajstić information content (AvgIpc) is 3.15. The molecule has 51 heavy (non-hydrogen) atoms. The maximum atomic E-state index is 12.1. The maximum absolute atomic E-state index is 12.1. The van der Waals surface area contributed by atoms with Crippen molar-refractivity contribution >= 4 is 53.5 Å². The van der Waals surface area contributed by atoms with Gasteiger partial charge in [0.25, 0.3) is 0 Å². The summed E-state index contributed by atoms with van der Waals surface area (Å²) in [6.45, 7) is 3.40. The van der Waals surface area contributed by atoms with E-state index in [1.165, 1.54) is 18.7 Å². The minimum absolute atomic E-state index is 0.0338. The van der Waals surface area contributed by atoms with Gasteiger partial charge in [0.1, 0.15) is 37.2 Å². The summed E-state index contributed by atoms with van der Waals surface area (Å²) in [6.07, 6.45) is 9.58. The molecule has 8 heteroatoms. The van der Waals surface area contributed by atoms with Gasteiger partial charge in [-0.3, -0.25) is 4.79 Å². The van der Waals surface area contributed by atoms with E-state index in [1.807, 2.05) is 42.5 Å². The zero-order chi connectivity index (χ0) is 35.8. The van der Waals surface area contributed by atoms with E-state index in [2.05, 4.69) is 102 Å². The van der Waals surface area contributed by atoms with Crippen molar-refractivity contribution in [2.45, 2.75) is 13.8 Å². The fraction of sp³-hybridized carbons (Fsp3) is 0.116. The second-order valence-electron chi connectivity index (χ2n) is 11.3. The van der Waals surface area contributed by atoms with Crippen LogP contribution in [0.15, 0.2) is 134 Å². The Morgan fingerprint density at radius 2 is 1.12 bits per heavy atom. The maximum Gasteiger partial charge on any atom is 0.513 e. The highest BCUT2D eigenvalue weighted by atomic mass is 16.7. The summed E-state index contributed by atoms with van der Waals surface area (Å²) in [5.41, 5.74) is 8.34. The van der Waals surface area contributed by atoms with E-state index >= 15 is 0 Å². The van der Waals surface area contributed by atoms with Crippen molar-refractivity contribution in [2.24, 2.45) is 0 Å². The zero-order valence-electron chi connectivity index (χ0n) is 28.7. The van der Waals surface area contributed by atoms with Gasteiger partial charge in [0, 0.05) is 24.0 Å². The van der Waals surface area contributed by atoms with Gasteiger partial charge in [-0.15, -0.1) is 0 Å². The molecular formula is C43H39NO7. The first kappa shape index (κ1) is 35.8. The molecule has 8 nitrogen and oxygen atoms in total. The molecule has 0 unspecified atom stereocenters. The van der Waals surface area contributed by atoms with Crippen LogP contribution in [0.2, 0.25) is 0 Å². The van der Waals surface area contributed by atoms with Crippen LogP contribution in [0.1, 0.15) is 34.7 Å². The number of nitrogens with zero attached hydrogens (tertiary/aromatic N) is 1. The second kappa shape index (κ2) is 18.3. The number of ether oxygens (including phenoxy) is 5. The second-order valence-corrected chi connectivity index (χ2v) is 11.3. The van der Waals surface area contributed by atoms with Gasteiger partial charge in [0.05, 0.1) is 7.11 Å². The monoisotopic (exact) mass is 681 g/mol. The molecule has 0 amide bonds. The molecule has 0 radical (unpaired) electrons. The number of benzene rings is 5. The Hall–Kier alpha value is -6.54. The molecule has 0 N–H and O–H groups in total. The minimum atomic E-state index is -0.850. The number of rotatable bonds is 14. The molecule has 0 saturated heterocycles. The number of hydrogen-bond acceptors (Lipinski definition) is 8. The fourth-order valence-corrected chi connectivity index (χ4v) is 4.95. The zero-order valence-corrected chi connectivity index (χ0v) is 28.7. The van der Waals surface area contributed by atoms with Crippen LogP contribution in [0.4, 0.5) is 21.9 Å². The molecule has 0 aliphatic rings. The van der Waals surface area contributed by atoms with E-state index in [0.717, 1.165) is 51.3 Å². The SMILES string of the molecule is COc1cccc(/C=C/c2ccc(N(c3ccc(C)cc3)c3ccc(/C=C/c4cccc(OC(=O)OCCO/C=C/OC(C)=O)c4)cc3)cc2)c1. The molecule has 0 spiro atoms. The lowest BCUT2D eigenvalue weighted by atomic mass is 10.1. The molecule has 0 atom stereocenters. The van der Waals surface area contributed by atoms with E-state index in [1.54, 1.807) is 25.3 Å². The number of aryl methyl sites for hydroxylation is 1. The minimum Gasteiger partial charge on any atom is -0.497 e. The summed E-state index contributed by atoms with van der Waals surface area (Å²) in [4.78, 5) is 25.0. The van der Waals surface area contributed by atoms with Crippen molar-refractivity contribution in [2.75, 3.05) is 25.2 Å². The smallest absolute Gasteiger partial charge is 0.497 e. The van der Waals surface area contributed by atoms with E-state index in [4.69, 9.17) is 18.9 Å². The summed E-state index contributed by atoms with van der Waals surface area (Å²) in [5, 5.41) is 0. The molecular weight excluding hydrogens is 642 g/mol. The van der Waals surface area contributed by atoms with Crippen molar-refractivity contribution < 1.29 is 33.3 Å². The summed E-state index contributed by atoms with van der Waals surface area (Å²) >= 11 is 0. The van der Waals surface area contributed by atoms with E-state index < -0.39 is 12.1 Å². The van der Waals surface area contributed by atoms with Crippen LogP contribution >= 0.6 is 0 Å². The molecule has 0 aliphatic heterocycles. The first-order valence-electron chi connectivity index (χ1n) is 16.3. The Bertz CT molecular complexity index is 1980. The fourth-order valence-electron chi connectivity index (χ4n) is 4.95. The molecule has 5 rings (SSSR count). The summed E-state index contributed by atoms with van der Waals surface area (Å²) in [7, 11) is 1.67. The number of anilines is 3. The Morgan fingerprint density at radius 1 is 0.608 bits per heavy atom. The van der Waals surface area contributed by atoms with E-state index in [0.29, 0.717) is 5.75 Å². The Kier molecular flexibility index (Phi) is 12.8. The molecule has 258 valence electrons. The first-order valence-corrected chi connectivity index (χ1v) is 16.3. The third-order valence-corrected chi connectivity index (χ3v) is 7.49. The Labute approximate surface area is 298 Å². The van der Waals surface area contributed by atoms with Crippen LogP contribution in [-0.2, 0) is 19.0 Å². The van der Waals surface area contributed by atoms with Gasteiger partial charge < -0.3 is 28.6 Å². The van der Waals surface area contributed by atoms with Gasteiger partial charge >= 0.3 is 12.1 Å². The van der Waals surface area contributed by atoms with Crippen LogP contribution < -0.4 is 14.4 Å². The molecule has 0 bridgehead atoms. The van der Waals surface area contributed by atoms with E-state index in [-0.39, 0.29) is 13.2 Å². The van der Waals surface area contributed by atoms with Gasteiger partial charge in [-0.05, 0) is 89.8 Å². The highest BCUT2D eigenvalue weighted by molar-refractivity contribution is 5.80. The number of carbonyl (C=O) groups is 2. The van der Waals surface area contributed by atoms with Gasteiger partial charge in [0.15, 0.2) is 0 Å². The van der Waals surface area contributed by atoms with Crippen molar-refractivity contribution in [1.29, 1.82) is 0 Å². The highest BCUT2D eigenvalue weighted by Crippen LogP contribution is 2.35. The van der Waals surface area contributed by atoms with Gasteiger partial charge in [-0.25, -0.2) is 4.79 Å².